The molecule has 0 radical (unpaired) electrons. The predicted molar refractivity (Wildman–Crippen MR) is 45.5 cm³/mol. The molecule has 0 fully saturated rings. The van der Waals surface area contributed by atoms with Crippen molar-refractivity contribution in [1.29, 1.82) is 0 Å². The number of nitrogens with two attached hydrogens (primary N) is 1. The molecule has 0 atom stereocenters. The molecule has 0 saturated heterocycles. The van der Waals surface area contributed by atoms with Gasteiger partial charge < -0.3 is 4.84 Å². The summed E-state index contributed by atoms with van der Waals surface area (Å²) in [5.41, 5.74) is 2.41. The van der Waals surface area contributed by atoms with Crippen LogP contribution in [0.25, 0.3) is 0 Å². The van der Waals surface area contributed by atoms with Crippen molar-refractivity contribution in [2.45, 2.75) is 13.8 Å². The monoisotopic (exact) mass is 165 g/mol. The van der Waals surface area contributed by atoms with Crippen molar-refractivity contribution in [2.24, 2.45) is 5.90 Å². The third-order valence-electron chi connectivity index (χ3n) is 1.72. The molecule has 0 aliphatic heterocycles. The first-order chi connectivity index (χ1) is 5.65. The van der Waals surface area contributed by atoms with Crippen molar-refractivity contribution >= 4 is 5.97 Å². The Bertz CT molecular complexity index is 307. The van der Waals surface area contributed by atoms with E-state index >= 15 is 0 Å². The summed E-state index contributed by atoms with van der Waals surface area (Å²) >= 11 is 0. The SMILES string of the molecule is Cc1ccc(C)c(C(=O)ON)c1. The van der Waals surface area contributed by atoms with Gasteiger partial charge in [0.2, 0.25) is 0 Å². The van der Waals surface area contributed by atoms with Gasteiger partial charge >= 0.3 is 5.97 Å². The van der Waals surface area contributed by atoms with Gasteiger partial charge in [0.1, 0.15) is 0 Å². The van der Waals surface area contributed by atoms with Crippen LogP contribution in [0.4, 0.5) is 0 Å². The standard InChI is InChI=1S/C9H11NO2/c1-6-3-4-7(2)8(5-6)9(11)12-10/h3-5H,10H2,1-2H3. The molecule has 3 nitrogen and oxygen atoms in total. The largest absolute Gasteiger partial charge is 0.370 e. The van der Waals surface area contributed by atoms with Crippen molar-refractivity contribution in [2.75, 3.05) is 0 Å². The first-order valence-electron chi connectivity index (χ1n) is 3.63. The Labute approximate surface area is 71.1 Å². The van der Waals surface area contributed by atoms with E-state index in [0.717, 1.165) is 11.1 Å². The highest BCUT2D eigenvalue weighted by molar-refractivity contribution is 5.90. The molecule has 3 heteroatoms. The van der Waals surface area contributed by atoms with E-state index in [-0.39, 0.29) is 0 Å². The first kappa shape index (κ1) is 8.74. The lowest BCUT2D eigenvalue weighted by Gasteiger charge is -2.03. The molecule has 0 spiro atoms. The van der Waals surface area contributed by atoms with Crippen LogP contribution in [0, 0.1) is 13.8 Å². The van der Waals surface area contributed by atoms with Gasteiger partial charge in [0.25, 0.3) is 0 Å². The second-order valence-corrected chi connectivity index (χ2v) is 2.72. The molecule has 1 aromatic rings. The van der Waals surface area contributed by atoms with E-state index in [1.807, 2.05) is 26.0 Å². The van der Waals surface area contributed by atoms with E-state index in [4.69, 9.17) is 5.90 Å². The highest BCUT2D eigenvalue weighted by Crippen LogP contribution is 2.10. The summed E-state index contributed by atoms with van der Waals surface area (Å²) in [6.45, 7) is 3.75. The molecule has 0 aliphatic carbocycles. The van der Waals surface area contributed by atoms with Crippen LogP contribution < -0.4 is 5.90 Å². The molecule has 0 unspecified atom stereocenters. The van der Waals surface area contributed by atoms with Gasteiger partial charge in [0, 0.05) is 0 Å². The molecule has 0 heterocycles. The second-order valence-electron chi connectivity index (χ2n) is 2.72. The molecule has 0 bridgehead atoms. The zero-order chi connectivity index (χ0) is 9.14. The maximum Gasteiger partial charge on any atom is 0.356 e. The number of rotatable bonds is 1. The first-order valence-corrected chi connectivity index (χ1v) is 3.63. The van der Waals surface area contributed by atoms with Crippen LogP contribution in [-0.4, -0.2) is 5.97 Å². The van der Waals surface area contributed by atoms with Crippen LogP contribution in [-0.2, 0) is 4.84 Å². The average Bonchev–Trinajstić information content (AvgIpc) is 2.08. The lowest BCUT2D eigenvalue weighted by molar-refractivity contribution is 0.0502. The van der Waals surface area contributed by atoms with Crippen LogP contribution >= 0.6 is 0 Å². The average molecular weight is 165 g/mol. The van der Waals surface area contributed by atoms with E-state index in [1.165, 1.54) is 0 Å². The molecule has 0 aliphatic rings. The minimum absolute atomic E-state index is 0.490. The molecular formula is C9H11NO2. The maximum absolute atomic E-state index is 11.0. The van der Waals surface area contributed by atoms with E-state index < -0.39 is 5.97 Å². The van der Waals surface area contributed by atoms with Gasteiger partial charge in [-0.15, -0.1) is 0 Å². The molecule has 1 aromatic carbocycles. The molecule has 64 valence electrons. The van der Waals surface area contributed by atoms with Gasteiger partial charge in [0.05, 0.1) is 5.56 Å². The van der Waals surface area contributed by atoms with Crippen LogP contribution in [0.2, 0.25) is 0 Å². The summed E-state index contributed by atoms with van der Waals surface area (Å²) < 4.78 is 0. The lowest BCUT2D eigenvalue weighted by Crippen LogP contribution is -2.11. The van der Waals surface area contributed by atoms with Crippen LogP contribution in [0.15, 0.2) is 18.2 Å². The Morgan fingerprint density at radius 1 is 1.42 bits per heavy atom. The van der Waals surface area contributed by atoms with Crippen molar-refractivity contribution in [3.63, 3.8) is 0 Å². The number of carbonyl (C=O) groups is 1. The molecule has 2 N–H and O–H groups in total. The van der Waals surface area contributed by atoms with Gasteiger partial charge in [-0.3, -0.25) is 0 Å². The van der Waals surface area contributed by atoms with Crippen LogP contribution in [0.3, 0.4) is 0 Å². The van der Waals surface area contributed by atoms with Crippen molar-refractivity contribution in [1.82, 2.24) is 0 Å². The van der Waals surface area contributed by atoms with Gasteiger partial charge in [-0.2, -0.15) is 5.90 Å². The van der Waals surface area contributed by atoms with Crippen molar-refractivity contribution in [3.05, 3.63) is 34.9 Å². The molecule has 0 amide bonds. The van der Waals surface area contributed by atoms with E-state index in [0.29, 0.717) is 5.56 Å². The Balaban J connectivity index is 3.13. The fourth-order valence-electron chi connectivity index (χ4n) is 1.02. The number of carbonyl (C=O) groups excluding carboxylic acids is 1. The maximum atomic E-state index is 11.0. The highest BCUT2D eigenvalue weighted by Gasteiger charge is 2.08. The Morgan fingerprint density at radius 2 is 2.08 bits per heavy atom. The zero-order valence-corrected chi connectivity index (χ0v) is 7.13. The minimum atomic E-state index is -0.490. The van der Waals surface area contributed by atoms with Crippen LogP contribution in [0.1, 0.15) is 21.5 Å². The Kier molecular flexibility index (Phi) is 2.45. The molecule has 0 aromatic heterocycles. The molecular weight excluding hydrogens is 154 g/mol. The quantitative estimate of drug-likeness (QED) is 0.639. The summed E-state index contributed by atoms with van der Waals surface area (Å²) in [5, 5.41) is 0. The topological polar surface area (TPSA) is 52.3 Å². The van der Waals surface area contributed by atoms with Gasteiger partial charge in [0.15, 0.2) is 0 Å². The molecule has 0 saturated carbocycles. The van der Waals surface area contributed by atoms with Crippen LogP contribution in [0.5, 0.6) is 0 Å². The van der Waals surface area contributed by atoms with E-state index in [1.54, 1.807) is 6.07 Å². The smallest absolute Gasteiger partial charge is 0.356 e. The fourth-order valence-corrected chi connectivity index (χ4v) is 1.02. The predicted octanol–water partition coefficient (Wildman–Crippen LogP) is 1.33. The summed E-state index contributed by atoms with van der Waals surface area (Å²) in [5.74, 6) is 4.28. The Hall–Kier alpha value is -1.35. The number of aryl methyl sites for hydroxylation is 2. The second kappa shape index (κ2) is 3.36. The van der Waals surface area contributed by atoms with Gasteiger partial charge in [-0.1, -0.05) is 17.7 Å². The summed E-state index contributed by atoms with van der Waals surface area (Å²) in [6.07, 6.45) is 0. The third-order valence-corrected chi connectivity index (χ3v) is 1.72. The number of hydrogen-bond acceptors (Lipinski definition) is 3. The van der Waals surface area contributed by atoms with Crippen molar-refractivity contribution < 1.29 is 9.63 Å². The van der Waals surface area contributed by atoms with E-state index in [9.17, 15) is 4.79 Å². The summed E-state index contributed by atoms with van der Waals surface area (Å²) in [7, 11) is 0. The highest BCUT2D eigenvalue weighted by atomic mass is 16.7. The lowest BCUT2D eigenvalue weighted by atomic mass is 10.1. The normalized spacial score (nSPS) is 9.58. The van der Waals surface area contributed by atoms with Crippen molar-refractivity contribution in [3.8, 4) is 0 Å². The summed E-state index contributed by atoms with van der Waals surface area (Å²) in [4.78, 5) is 15.2. The molecule has 12 heavy (non-hydrogen) atoms. The Morgan fingerprint density at radius 3 is 2.67 bits per heavy atom. The molecule has 1 rings (SSSR count). The zero-order valence-electron chi connectivity index (χ0n) is 7.13. The van der Waals surface area contributed by atoms with Gasteiger partial charge in [-0.25, -0.2) is 4.79 Å². The fraction of sp³-hybridized carbons (Fsp3) is 0.222. The minimum Gasteiger partial charge on any atom is -0.370 e. The third kappa shape index (κ3) is 1.62. The number of hydrogen-bond donors (Lipinski definition) is 1. The van der Waals surface area contributed by atoms with Gasteiger partial charge in [-0.05, 0) is 25.5 Å². The van der Waals surface area contributed by atoms with E-state index in [2.05, 4.69) is 4.84 Å². The summed E-state index contributed by atoms with van der Waals surface area (Å²) in [6, 6.07) is 5.55. The number of benzene rings is 1.